The van der Waals surface area contributed by atoms with E-state index in [1.54, 1.807) is 53.2 Å². The number of nitrogens with one attached hydrogen (secondary N) is 1. The van der Waals surface area contributed by atoms with Gasteiger partial charge in [0.15, 0.2) is 0 Å². The summed E-state index contributed by atoms with van der Waals surface area (Å²) in [5.41, 5.74) is 2.80. The van der Waals surface area contributed by atoms with Gasteiger partial charge in [0, 0.05) is 24.3 Å². The second-order valence-corrected chi connectivity index (χ2v) is 10.5. The molecule has 0 unspecified atom stereocenters. The minimum atomic E-state index is -3.60. The summed E-state index contributed by atoms with van der Waals surface area (Å²) < 4.78 is 43.3. The monoisotopic (exact) mass is 484 g/mol. The number of nitrogens with zero attached hydrogens (tertiary/aromatic N) is 3. The van der Waals surface area contributed by atoms with Crippen molar-refractivity contribution >= 4 is 21.6 Å². The Morgan fingerprint density at radius 3 is 2.35 bits per heavy atom. The van der Waals surface area contributed by atoms with Gasteiger partial charge in [-0.2, -0.15) is 9.40 Å². The van der Waals surface area contributed by atoms with Gasteiger partial charge in [0.1, 0.15) is 10.7 Å². The number of amides is 1. The van der Waals surface area contributed by atoms with Crippen molar-refractivity contribution < 1.29 is 17.6 Å². The standard InChI is InChI=1S/C25H29FN4O3S/c1-18-24(34(32,33)29-14-5-3-4-6-15-29)19(2)30(28-18)17-20-10-12-21(13-11-20)25(31)27-23-9-7-8-22(26)16-23/h7-13,16H,3-6,14-15,17H2,1-2H3,(H,27,31). The molecule has 2 aromatic carbocycles. The van der Waals surface area contributed by atoms with Crippen molar-refractivity contribution in [3.8, 4) is 0 Å². The van der Waals surface area contributed by atoms with E-state index in [0.29, 0.717) is 47.2 Å². The number of carbonyl (C=O) groups excluding carboxylic acids is 1. The van der Waals surface area contributed by atoms with Gasteiger partial charge in [0.25, 0.3) is 5.91 Å². The quantitative estimate of drug-likeness (QED) is 0.558. The van der Waals surface area contributed by atoms with Gasteiger partial charge in [-0.05, 0) is 62.6 Å². The third-order valence-corrected chi connectivity index (χ3v) is 8.26. The normalized spacial score (nSPS) is 15.1. The molecular formula is C25H29FN4O3S. The summed E-state index contributed by atoms with van der Waals surface area (Å²) in [6.45, 7) is 4.99. The van der Waals surface area contributed by atoms with E-state index in [2.05, 4.69) is 10.4 Å². The number of carbonyl (C=O) groups is 1. The molecule has 7 nitrogen and oxygen atoms in total. The molecule has 1 aliphatic heterocycles. The number of aromatic nitrogens is 2. The zero-order valence-corrected chi connectivity index (χ0v) is 20.2. The molecule has 0 radical (unpaired) electrons. The summed E-state index contributed by atoms with van der Waals surface area (Å²) in [4.78, 5) is 12.8. The van der Waals surface area contributed by atoms with Gasteiger partial charge in [-0.1, -0.05) is 31.0 Å². The number of hydrogen-bond acceptors (Lipinski definition) is 4. The van der Waals surface area contributed by atoms with E-state index in [1.165, 1.54) is 18.2 Å². The number of hydrogen-bond donors (Lipinski definition) is 1. The lowest BCUT2D eigenvalue weighted by molar-refractivity contribution is 0.102. The highest BCUT2D eigenvalue weighted by molar-refractivity contribution is 7.89. The number of aryl methyl sites for hydroxylation is 1. The van der Waals surface area contributed by atoms with Crippen LogP contribution in [0.3, 0.4) is 0 Å². The summed E-state index contributed by atoms with van der Waals surface area (Å²) in [6.07, 6.45) is 3.87. The highest BCUT2D eigenvalue weighted by Gasteiger charge is 2.31. The number of anilines is 1. The number of benzene rings is 2. The fraction of sp³-hybridized carbons (Fsp3) is 0.360. The molecule has 0 atom stereocenters. The molecule has 0 spiro atoms. The lowest BCUT2D eigenvalue weighted by atomic mass is 10.1. The Labute approximate surface area is 199 Å². The van der Waals surface area contributed by atoms with E-state index >= 15 is 0 Å². The smallest absolute Gasteiger partial charge is 0.255 e. The van der Waals surface area contributed by atoms with Crippen LogP contribution in [0, 0.1) is 19.7 Å². The van der Waals surface area contributed by atoms with Crippen molar-refractivity contribution in [1.29, 1.82) is 0 Å². The number of sulfonamides is 1. The minimum absolute atomic E-state index is 0.292. The zero-order valence-electron chi connectivity index (χ0n) is 19.4. The predicted octanol–water partition coefficient (Wildman–Crippen LogP) is 4.50. The fourth-order valence-electron chi connectivity index (χ4n) is 4.32. The van der Waals surface area contributed by atoms with Gasteiger partial charge in [0.05, 0.1) is 17.9 Å². The Hall–Kier alpha value is -3.04. The molecule has 9 heteroatoms. The van der Waals surface area contributed by atoms with Crippen LogP contribution in [-0.2, 0) is 16.6 Å². The second kappa shape index (κ2) is 10.1. The Kier molecular flexibility index (Phi) is 7.13. The first-order chi connectivity index (χ1) is 16.3. The summed E-state index contributed by atoms with van der Waals surface area (Å²) in [7, 11) is -3.60. The molecule has 0 saturated carbocycles. The van der Waals surface area contributed by atoms with Crippen LogP contribution >= 0.6 is 0 Å². The fourth-order valence-corrected chi connectivity index (χ4v) is 6.21. The van der Waals surface area contributed by atoms with E-state index < -0.39 is 15.8 Å². The molecule has 0 aliphatic carbocycles. The van der Waals surface area contributed by atoms with Gasteiger partial charge in [-0.15, -0.1) is 0 Å². The van der Waals surface area contributed by atoms with E-state index in [9.17, 15) is 17.6 Å². The first-order valence-electron chi connectivity index (χ1n) is 11.5. The number of halogens is 1. The molecule has 2 heterocycles. The SMILES string of the molecule is Cc1nn(Cc2ccc(C(=O)Nc3cccc(F)c3)cc2)c(C)c1S(=O)(=O)N1CCCCCC1. The van der Waals surface area contributed by atoms with Gasteiger partial charge < -0.3 is 5.32 Å². The van der Waals surface area contributed by atoms with Crippen molar-refractivity contribution in [2.75, 3.05) is 18.4 Å². The van der Waals surface area contributed by atoms with Crippen LogP contribution in [0.2, 0.25) is 0 Å². The van der Waals surface area contributed by atoms with E-state index in [-0.39, 0.29) is 5.91 Å². The Morgan fingerprint density at radius 1 is 1.03 bits per heavy atom. The van der Waals surface area contributed by atoms with Gasteiger partial charge in [-0.3, -0.25) is 9.48 Å². The van der Waals surface area contributed by atoms with Gasteiger partial charge >= 0.3 is 0 Å². The van der Waals surface area contributed by atoms with Crippen molar-refractivity contribution in [3.05, 3.63) is 76.9 Å². The van der Waals surface area contributed by atoms with Crippen molar-refractivity contribution in [2.45, 2.75) is 51.0 Å². The van der Waals surface area contributed by atoms with Crippen LogP contribution in [-0.4, -0.2) is 41.5 Å². The molecule has 1 aromatic heterocycles. The average molecular weight is 485 g/mol. The maximum absolute atomic E-state index is 13.3. The molecule has 180 valence electrons. The van der Waals surface area contributed by atoms with Crippen molar-refractivity contribution in [3.63, 3.8) is 0 Å². The molecule has 1 N–H and O–H groups in total. The number of rotatable bonds is 6. The largest absolute Gasteiger partial charge is 0.322 e. The van der Waals surface area contributed by atoms with E-state index in [1.807, 2.05) is 0 Å². The predicted molar refractivity (Wildman–Crippen MR) is 129 cm³/mol. The van der Waals surface area contributed by atoms with Gasteiger partial charge in [-0.25, -0.2) is 12.8 Å². The lowest BCUT2D eigenvalue weighted by Gasteiger charge is -2.20. The minimum Gasteiger partial charge on any atom is -0.322 e. The van der Waals surface area contributed by atoms with E-state index in [0.717, 1.165) is 31.2 Å². The molecule has 3 aromatic rings. The van der Waals surface area contributed by atoms with Crippen LogP contribution in [0.4, 0.5) is 10.1 Å². The molecule has 1 fully saturated rings. The zero-order chi connectivity index (χ0) is 24.3. The Balaban J connectivity index is 1.49. The Bertz CT molecular complexity index is 1280. The summed E-state index contributed by atoms with van der Waals surface area (Å²) in [6, 6.07) is 12.7. The molecule has 0 bridgehead atoms. The molecule has 4 rings (SSSR count). The molecule has 34 heavy (non-hydrogen) atoms. The Morgan fingerprint density at radius 2 is 1.71 bits per heavy atom. The van der Waals surface area contributed by atoms with E-state index in [4.69, 9.17) is 0 Å². The maximum atomic E-state index is 13.3. The summed E-state index contributed by atoms with van der Waals surface area (Å²) in [5.74, 6) is -0.760. The molecule has 1 saturated heterocycles. The topological polar surface area (TPSA) is 84.3 Å². The molecular weight excluding hydrogens is 455 g/mol. The lowest BCUT2D eigenvalue weighted by Crippen LogP contribution is -2.32. The van der Waals surface area contributed by atoms with Crippen LogP contribution in [0.25, 0.3) is 0 Å². The van der Waals surface area contributed by atoms with Crippen LogP contribution in [0.5, 0.6) is 0 Å². The average Bonchev–Trinajstić information content (AvgIpc) is 2.98. The highest BCUT2D eigenvalue weighted by atomic mass is 32.2. The second-order valence-electron chi connectivity index (χ2n) is 8.64. The van der Waals surface area contributed by atoms with Crippen LogP contribution < -0.4 is 5.32 Å². The van der Waals surface area contributed by atoms with Crippen molar-refractivity contribution in [2.24, 2.45) is 0 Å². The van der Waals surface area contributed by atoms with Crippen LogP contribution in [0.1, 0.15) is 53.0 Å². The highest BCUT2D eigenvalue weighted by Crippen LogP contribution is 2.26. The molecule has 1 aliphatic rings. The van der Waals surface area contributed by atoms with Gasteiger partial charge in [0.2, 0.25) is 10.0 Å². The summed E-state index contributed by atoms with van der Waals surface area (Å²) >= 11 is 0. The first kappa shape index (κ1) is 24.1. The van der Waals surface area contributed by atoms with Crippen molar-refractivity contribution in [1.82, 2.24) is 14.1 Å². The summed E-state index contributed by atoms with van der Waals surface area (Å²) in [5, 5.41) is 7.18. The third kappa shape index (κ3) is 5.20. The first-order valence-corrected chi connectivity index (χ1v) is 12.9. The third-order valence-electron chi connectivity index (χ3n) is 6.11. The maximum Gasteiger partial charge on any atom is 0.255 e. The molecule has 1 amide bonds. The van der Waals surface area contributed by atoms with Crippen LogP contribution in [0.15, 0.2) is 53.4 Å².